The first kappa shape index (κ1) is 16.6. The molecule has 1 aliphatic rings. The lowest BCUT2D eigenvalue weighted by atomic mass is 10.1. The van der Waals surface area contributed by atoms with Gasteiger partial charge in [0.1, 0.15) is 5.82 Å². The molecule has 0 atom stereocenters. The Bertz CT molecular complexity index is 873. The van der Waals surface area contributed by atoms with Gasteiger partial charge in [-0.1, -0.05) is 17.3 Å². The molecule has 1 aromatic carbocycles. The summed E-state index contributed by atoms with van der Waals surface area (Å²) < 4.78 is 18.4. The Morgan fingerprint density at radius 1 is 1.08 bits per heavy atom. The molecule has 1 saturated heterocycles. The summed E-state index contributed by atoms with van der Waals surface area (Å²) in [7, 11) is 0. The molecule has 0 radical (unpaired) electrons. The molecule has 134 valence electrons. The number of benzene rings is 1. The molecule has 2 aromatic heterocycles. The van der Waals surface area contributed by atoms with Crippen molar-refractivity contribution in [3.05, 3.63) is 53.9 Å². The van der Waals surface area contributed by atoms with Gasteiger partial charge in [0.2, 0.25) is 5.89 Å². The molecule has 0 unspecified atom stereocenters. The van der Waals surface area contributed by atoms with Gasteiger partial charge >= 0.3 is 0 Å². The van der Waals surface area contributed by atoms with E-state index in [0.717, 1.165) is 43.4 Å². The maximum Gasteiger partial charge on any atom is 0.223 e. The number of aromatic nitrogens is 4. The van der Waals surface area contributed by atoms with Crippen molar-refractivity contribution >= 4 is 5.82 Å². The quantitative estimate of drug-likeness (QED) is 0.712. The lowest BCUT2D eigenvalue weighted by molar-refractivity contribution is 0.239. The number of nitrogens with zero attached hydrogens (tertiary/aromatic N) is 6. The average molecular weight is 354 g/mol. The summed E-state index contributed by atoms with van der Waals surface area (Å²) in [4.78, 5) is 8.73. The van der Waals surface area contributed by atoms with Crippen LogP contribution >= 0.6 is 0 Å². The van der Waals surface area contributed by atoms with Crippen molar-refractivity contribution in [1.82, 2.24) is 25.2 Å². The lowest BCUT2D eigenvalue weighted by Gasteiger charge is -2.34. The summed E-state index contributed by atoms with van der Waals surface area (Å²) in [6, 6.07) is 10.2. The summed E-state index contributed by atoms with van der Waals surface area (Å²) in [5.74, 6) is 1.86. The average Bonchev–Trinajstić information content (AvgIpc) is 3.07. The van der Waals surface area contributed by atoms with E-state index in [-0.39, 0.29) is 5.82 Å². The van der Waals surface area contributed by atoms with Gasteiger partial charge < -0.3 is 9.42 Å². The second kappa shape index (κ2) is 7.17. The number of hydrogen-bond acceptors (Lipinski definition) is 7. The Morgan fingerprint density at radius 2 is 1.92 bits per heavy atom. The van der Waals surface area contributed by atoms with Crippen LogP contribution in [0.15, 0.2) is 40.9 Å². The Kier molecular flexibility index (Phi) is 4.57. The molecule has 8 heteroatoms. The van der Waals surface area contributed by atoms with E-state index >= 15 is 0 Å². The second-order valence-corrected chi connectivity index (χ2v) is 6.28. The van der Waals surface area contributed by atoms with Gasteiger partial charge in [0.05, 0.1) is 12.2 Å². The fraction of sp³-hybridized carbons (Fsp3) is 0.333. The maximum absolute atomic E-state index is 13.3. The maximum atomic E-state index is 13.3. The van der Waals surface area contributed by atoms with Crippen molar-refractivity contribution in [1.29, 1.82) is 0 Å². The van der Waals surface area contributed by atoms with Crippen LogP contribution < -0.4 is 4.90 Å². The van der Waals surface area contributed by atoms with Gasteiger partial charge in [0, 0.05) is 38.7 Å². The van der Waals surface area contributed by atoms with Gasteiger partial charge in [-0.2, -0.15) is 4.98 Å². The monoisotopic (exact) mass is 354 g/mol. The molecule has 0 saturated carbocycles. The smallest absolute Gasteiger partial charge is 0.223 e. The topological polar surface area (TPSA) is 71.2 Å². The third-order valence-electron chi connectivity index (χ3n) is 4.40. The molecule has 26 heavy (non-hydrogen) atoms. The normalized spacial score (nSPS) is 15.4. The molecule has 0 aliphatic carbocycles. The minimum Gasteiger partial charge on any atom is -0.353 e. The second-order valence-electron chi connectivity index (χ2n) is 6.28. The molecule has 7 nitrogen and oxygen atoms in total. The minimum absolute atomic E-state index is 0.277. The summed E-state index contributed by atoms with van der Waals surface area (Å²) in [6.07, 6.45) is 0. The molecule has 3 aromatic rings. The van der Waals surface area contributed by atoms with Gasteiger partial charge in [-0.05, 0) is 24.3 Å². The molecule has 1 aliphatic heterocycles. The Balaban J connectivity index is 1.37. The number of rotatable bonds is 4. The van der Waals surface area contributed by atoms with Crippen molar-refractivity contribution in [2.24, 2.45) is 0 Å². The zero-order chi connectivity index (χ0) is 17.9. The van der Waals surface area contributed by atoms with E-state index in [9.17, 15) is 4.39 Å². The van der Waals surface area contributed by atoms with Gasteiger partial charge in [-0.3, -0.25) is 4.90 Å². The molecule has 3 heterocycles. The number of aryl methyl sites for hydroxylation is 1. The van der Waals surface area contributed by atoms with Crippen LogP contribution in [0.5, 0.6) is 0 Å². The fourth-order valence-corrected chi connectivity index (χ4v) is 3.04. The molecule has 1 fully saturated rings. The van der Waals surface area contributed by atoms with Crippen LogP contribution in [0.25, 0.3) is 11.3 Å². The van der Waals surface area contributed by atoms with Gasteiger partial charge in [0.25, 0.3) is 0 Å². The van der Waals surface area contributed by atoms with E-state index in [1.807, 2.05) is 18.2 Å². The highest BCUT2D eigenvalue weighted by Crippen LogP contribution is 2.20. The fourth-order valence-electron chi connectivity index (χ4n) is 3.04. The molecular formula is C18H19FN6O. The van der Waals surface area contributed by atoms with E-state index in [4.69, 9.17) is 4.52 Å². The van der Waals surface area contributed by atoms with Crippen molar-refractivity contribution in [3.63, 3.8) is 0 Å². The lowest BCUT2D eigenvalue weighted by Crippen LogP contribution is -2.46. The number of hydrogen-bond donors (Lipinski definition) is 0. The first-order valence-electron chi connectivity index (χ1n) is 8.53. The first-order chi connectivity index (χ1) is 12.7. The highest BCUT2D eigenvalue weighted by Gasteiger charge is 2.20. The number of piperazine rings is 1. The Morgan fingerprint density at radius 3 is 2.58 bits per heavy atom. The van der Waals surface area contributed by atoms with Crippen LogP contribution in [0.4, 0.5) is 10.2 Å². The van der Waals surface area contributed by atoms with Crippen molar-refractivity contribution in [2.45, 2.75) is 13.5 Å². The summed E-state index contributed by atoms with van der Waals surface area (Å²) in [5.41, 5.74) is 1.39. The Hall–Kier alpha value is -2.87. The van der Waals surface area contributed by atoms with Crippen LogP contribution in [0, 0.1) is 12.7 Å². The molecule has 0 amide bonds. The van der Waals surface area contributed by atoms with Crippen molar-refractivity contribution in [3.8, 4) is 11.3 Å². The standard InChI is InChI=1S/C18H19FN6O/c1-13-20-17(23-26-13)12-24-7-9-25(10-8-24)18-6-5-16(21-22-18)14-3-2-4-15(19)11-14/h2-6,11H,7-10,12H2,1H3. The van der Waals surface area contributed by atoms with Gasteiger partial charge in [-0.25, -0.2) is 4.39 Å². The minimum atomic E-state index is -0.277. The number of halogens is 1. The zero-order valence-corrected chi connectivity index (χ0v) is 14.5. The molecule has 0 spiro atoms. The van der Waals surface area contributed by atoms with E-state index in [1.54, 1.807) is 13.0 Å². The molecule has 0 N–H and O–H groups in total. The van der Waals surface area contributed by atoms with E-state index in [2.05, 4.69) is 30.1 Å². The highest BCUT2D eigenvalue weighted by molar-refractivity contribution is 5.59. The van der Waals surface area contributed by atoms with Crippen molar-refractivity contribution in [2.75, 3.05) is 31.1 Å². The predicted molar refractivity (Wildman–Crippen MR) is 94.0 cm³/mol. The van der Waals surface area contributed by atoms with Crippen molar-refractivity contribution < 1.29 is 8.91 Å². The van der Waals surface area contributed by atoms with E-state index in [0.29, 0.717) is 18.1 Å². The first-order valence-corrected chi connectivity index (χ1v) is 8.53. The van der Waals surface area contributed by atoms with Crippen LogP contribution in [-0.4, -0.2) is 51.4 Å². The Labute approximate surface area is 150 Å². The SMILES string of the molecule is Cc1nc(CN2CCN(c3ccc(-c4cccc(F)c4)nn3)CC2)no1. The van der Waals surface area contributed by atoms with Crippen LogP contribution in [0.2, 0.25) is 0 Å². The van der Waals surface area contributed by atoms with Gasteiger partial charge in [0.15, 0.2) is 11.6 Å². The van der Waals surface area contributed by atoms with Crippen LogP contribution in [0.3, 0.4) is 0 Å². The summed E-state index contributed by atoms with van der Waals surface area (Å²) in [5, 5.41) is 12.5. The van der Waals surface area contributed by atoms with E-state index < -0.39 is 0 Å². The summed E-state index contributed by atoms with van der Waals surface area (Å²) in [6.45, 7) is 5.97. The third-order valence-corrected chi connectivity index (χ3v) is 4.40. The van der Waals surface area contributed by atoms with Crippen LogP contribution in [-0.2, 0) is 6.54 Å². The zero-order valence-electron chi connectivity index (χ0n) is 14.5. The molecule has 4 rings (SSSR count). The summed E-state index contributed by atoms with van der Waals surface area (Å²) >= 11 is 0. The third kappa shape index (κ3) is 3.70. The largest absolute Gasteiger partial charge is 0.353 e. The molecular weight excluding hydrogens is 335 g/mol. The van der Waals surface area contributed by atoms with Crippen LogP contribution in [0.1, 0.15) is 11.7 Å². The predicted octanol–water partition coefficient (Wildman–Crippen LogP) is 2.30. The molecule has 0 bridgehead atoms. The highest BCUT2D eigenvalue weighted by atomic mass is 19.1. The number of anilines is 1. The van der Waals surface area contributed by atoms with Gasteiger partial charge in [-0.15, -0.1) is 10.2 Å². The van der Waals surface area contributed by atoms with E-state index in [1.165, 1.54) is 12.1 Å².